The van der Waals surface area contributed by atoms with Crippen LogP contribution < -0.4 is 10.5 Å². The van der Waals surface area contributed by atoms with E-state index in [0.717, 1.165) is 23.8 Å². The van der Waals surface area contributed by atoms with Crippen LogP contribution in [0.25, 0.3) is 22.4 Å². The first kappa shape index (κ1) is 17.3. The summed E-state index contributed by atoms with van der Waals surface area (Å²) in [4.78, 5) is 21.6. The normalized spacial score (nSPS) is 16.4. The molecule has 27 heavy (non-hydrogen) atoms. The first-order chi connectivity index (χ1) is 13.0. The number of aromatic amines is 1. The zero-order chi connectivity index (χ0) is 19.0. The molecule has 0 radical (unpaired) electrons. The number of piperidine rings is 1. The van der Waals surface area contributed by atoms with Crippen LogP contribution in [-0.2, 0) is 4.74 Å². The zero-order valence-electron chi connectivity index (χ0n) is 15.3. The van der Waals surface area contributed by atoms with Gasteiger partial charge in [0.15, 0.2) is 0 Å². The number of hydrogen-bond acceptors (Lipinski definition) is 6. The van der Waals surface area contributed by atoms with Crippen molar-refractivity contribution in [1.29, 1.82) is 5.26 Å². The lowest BCUT2D eigenvalue weighted by Gasteiger charge is -2.40. The molecule has 3 aromatic rings. The molecule has 0 spiro atoms. The third-order valence-electron chi connectivity index (χ3n) is 5.41. The number of aromatic nitrogens is 2. The average molecular weight is 364 g/mol. The second-order valence-electron chi connectivity index (χ2n) is 7.03. The number of hydrogen-bond donors (Lipinski definition) is 1. The summed E-state index contributed by atoms with van der Waals surface area (Å²) >= 11 is 0. The highest BCUT2D eigenvalue weighted by Gasteiger charge is 2.31. The molecule has 1 N–H and O–H groups in total. The number of pyridine rings is 1. The molecule has 0 aliphatic carbocycles. The Morgan fingerprint density at radius 3 is 2.78 bits per heavy atom. The largest absolute Gasteiger partial charge is 0.445 e. The van der Waals surface area contributed by atoms with Crippen LogP contribution in [0.5, 0.6) is 0 Å². The lowest BCUT2D eigenvalue weighted by atomic mass is 9.92. The number of nitrogens with one attached hydrogen (secondary N) is 1. The second kappa shape index (κ2) is 6.56. The molecule has 3 heterocycles. The maximum atomic E-state index is 12.5. The van der Waals surface area contributed by atoms with Crippen molar-refractivity contribution in [2.75, 3.05) is 25.1 Å². The highest BCUT2D eigenvalue weighted by atomic mass is 16.5. The topological polar surface area (TPSA) is 95.2 Å². The van der Waals surface area contributed by atoms with Gasteiger partial charge in [-0.1, -0.05) is 0 Å². The van der Waals surface area contributed by atoms with Crippen molar-refractivity contribution in [2.24, 2.45) is 0 Å². The molecule has 0 atom stereocenters. The van der Waals surface area contributed by atoms with Gasteiger partial charge in [0.05, 0.1) is 23.0 Å². The number of H-pyrrole nitrogens is 1. The van der Waals surface area contributed by atoms with Gasteiger partial charge in [0.25, 0.3) is 5.56 Å². The van der Waals surface area contributed by atoms with Crippen LogP contribution in [0.1, 0.15) is 25.3 Å². The van der Waals surface area contributed by atoms with Gasteiger partial charge in [-0.05, 0) is 38.0 Å². The molecule has 0 bridgehead atoms. The van der Waals surface area contributed by atoms with E-state index in [2.05, 4.69) is 27.9 Å². The monoisotopic (exact) mass is 364 g/mol. The molecule has 0 amide bonds. The first-order valence-corrected chi connectivity index (χ1v) is 8.85. The van der Waals surface area contributed by atoms with Crippen LogP contribution in [0.4, 0.5) is 5.69 Å². The molecule has 1 aliphatic heterocycles. The Kier molecular flexibility index (Phi) is 4.21. The number of nitriles is 1. The van der Waals surface area contributed by atoms with Crippen LogP contribution >= 0.6 is 0 Å². The Hall–Kier alpha value is -3.11. The van der Waals surface area contributed by atoms with Crippen molar-refractivity contribution in [1.82, 2.24) is 9.97 Å². The van der Waals surface area contributed by atoms with Gasteiger partial charge in [0.1, 0.15) is 17.9 Å². The van der Waals surface area contributed by atoms with Gasteiger partial charge in [-0.2, -0.15) is 5.26 Å². The molecule has 2 aromatic heterocycles. The fourth-order valence-corrected chi connectivity index (χ4v) is 3.61. The van der Waals surface area contributed by atoms with Crippen molar-refractivity contribution in [2.45, 2.75) is 25.4 Å². The van der Waals surface area contributed by atoms with E-state index < -0.39 is 0 Å². The van der Waals surface area contributed by atoms with E-state index in [1.54, 1.807) is 13.3 Å². The van der Waals surface area contributed by atoms with E-state index >= 15 is 0 Å². The van der Waals surface area contributed by atoms with Crippen molar-refractivity contribution < 1.29 is 9.15 Å². The van der Waals surface area contributed by atoms with Crippen LogP contribution in [0.15, 0.2) is 39.9 Å². The molecule has 1 fully saturated rings. The van der Waals surface area contributed by atoms with Crippen LogP contribution in [0.2, 0.25) is 0 Å². The number of anilines is 1. The minimum absolute atomic E-state index is 0.132. The molecule has 7 nitrogen and oxygen atoms in total. The van der Waals surface area contributed by atoms with Crippen molar-refractivity contribution in [3.05, 3.63) is 46.6 Å². The van der Waals surface area contributed by atoms with Crippen molar-refractivity contribution >= 4 is 16.6 Å². The summed E-state index contributed by atoms with van der Waals surface area (Å²) in [6.07, 6.45) is 4.75. The molecular weight excluding hydrogens is 344 g/mol. The fraction of sp³-hybridized carbons (Fsp3) is 0.350. The SMILES string of the molecule is COC1(C)CCN(c2c(C#N)c(=O)[nH]c3ccc(-c4ncco4)cc23)CC1. The van der Waals surface area contributed by atoms with E-state index in [1.165, 1.54) is 6.26 Å². The van der Waals surface area contributed by atoms with Gasteiger partial charge in [-0.3, -0.25) is 4.79 Å². The molecule has 4 rings (SSSR count). The van der Waals surface area contributed by atoms with E-state index in [-0.39, 0.29) is 16.7 Å². The summed E-state index contributed by atoms with van der Waals surface area (Å²) in [7, 11) is 1.72. The molecule has 138 valence electrons. The van der Waals surface area contributed by atoms with Crippen LogP contribution in [-0.4, -0.2) is 35.8 Å². The molecule has 7 heteroatoms. The fourth-order valence-electron chi connectivity index (χ4n) is 3.61. The number of nitrogens with zero attached hydrogens (tertiary/aromatic N) is 3. The Labute approximate surface area is 156 Å². The molecule has 1 saturated heterocycles. The summed E-state index contributed by atoms with van der Waals surface area (Å²) in [5.74, 6) is 0.498. The lowest BCUT2D eigenvalue weighted by molar-refractivity contribution is -0.0132. The maximum Gasteiger partial charge on any atom is 0.268 e. The summed E-state index contributed by atoms with van der Waals surface area (Å²) in [5.41, 5.74) is 1.73. The van der Waals surface area contributed by atoms with Crippen LogP contribution in [0.3, 0.4) is 0 Å². The highest BCUT2D eigenvalue weighted by Crippen LogP contribution is 2.35. The van der Waals surface area contributed by atoms with Gasteiger partial charge in [0.2, 0.25) is 5.89 Å². The third kappa shape index (κ3) is 2.98. The number of ether oxygens (including phenoxy) is 1. The van der Waals surface area contributed by atoms with Gasteiger partial charge < -0.3 is 19.0 Å². The van der Waals surface area contributed by atoms with Crippen molar-refractivity contribution in [3.8, 4) is 17.5 Å². The second-order valence-corrected chi connectivity index (χ2v) is 7.03. The molecule has 1 aromatic carbocycles. The standard InChI is InChI=1S/C20H20N4O3/c1-20(26-2)5-8-24(9-6-20)17-14-11-13(19-22-7-10-27-19)3-4-16(14)23-18(25)15(17)12-21/h3-4,7,10-11H,5-6,8-9H2,1-2H3,(H,23,25). The summed E-state index contributed by atoms with van der Waals surface area (Å²) in [6, 6.07) is 7.67. The minimum atomic E-state index is -0.371. The smallest absolute Gasteiger partial charge is 0.268 e. The number of oxazole rings is 1. The van der Waals surface area contributed by atoms with Gasteiger partial charge in [-0.25, -0.2) is 4.98 Å². The van der Waals surface area contributed by atoms with E-state index in [0.29, 0.717) is 30.2 Å². The number of fused-ring (bicyclic) bond motifs is 1. The lowest BCUT2D eigenvalue weighted by Crippen LogP contribution is -2.44. The van der Waals surface area contributed by atoms with E-state index in [9.17, 15) is 10.1 Å². The first-order valence-electron chi connectivity index (χ1n) is 8.85. The Morgan fingerprint density at radius 1 is 1.37 bits per heavy atom. The van der Waals surface area contributed by atoms with Crippen molar-refractivity contribution in [3.63, 3.8) is 0 Å². The molecule has 0 unspecified atom stereocenters. The summed E-state index contributed by atoms with van der Waals surface area (Å²) in [5, 5.41) is 10.4. The minimum Gasteiger partial charge on any atom is -0.445 e. The number of methoxy groups -OCH3 is 1. The predicted molar refractivity (Wildman–Crippen MR) is 102 cm³/mol. The van der Waals surface area contributed by atoms with Gasteiger partial charge >= 0.3 is 0 Å². The Balaban J connectivity index is 1.88. The highest BCUT2D eigenvalue weighted by molar-refractivity contribution is 5.96. The predicted octanol–water partition coefficient (Wildman–Crippen LogP) is 3.06. The number of rotatable bonds is 3. The van der Waals surface area contributed by atoms with Gasteiger partial charge in [-0.15, -0.1) is 0 Å². The van der Waals surface area contributed by atoms with E-state index in [1.807, 2.05) is 18.2 Å². The van der Waals surface area contributed by atoms with Crippen LogP contribution in [0, 0.1) is 11.3 Å². The Morgan fingerprint density at radius 2 is 2.15 bits per heavy atom. The quantitative estimate of drug-likeness (QED) is 0.767. The zero-order valence-corrected chi connectivity index (χ0v) is 15.3. The maximum absolute atomic E-state index is 12.5. The van der Waals surface area contributed by atoms with E-state index in [4.69, 9.17) is 9.15 Å². The summed E-state index contributed by atoms with van der Waals surface area (Å²) in [6.45, 7) is 3.51. The summed E-state index contributed by atoms with van der Waals surface area (Å²) < 4.78 is 11.0. The molecular formula is C20H20N4O3. The average Bonchev–Trinajstić information content (AvgIpc) is 3.22. The number of benzene rings is 1. The Bertz CT molecular complexity index is 1070. The molecule has 1 aliphatic rings. The van der Waals surface area contributed by atoms with Gasteiger partial charge in [0, 0.05) is 31.1 Å². The molecule has 0 saturated carbocycles. The third-order valence-corrected chi connectivity index (χ3v) is 5.41.